The van der Waals surface area contributed by atoms with Crippen LogP contribution in [0.25, 0.3) is 0 Å². The largest absolute Gasteiger partial charge is 0.493 e. The number of amidine groups is 2. The van der Waals surface area contributed by atoms with E-state index in [1.54, 1.807) is 26.4 Å². The molecule has 8 heteroatoms. The van der Waals surface area contributed by atoms with Crippen molar-refractivity contribution >= 4 is 34.4 Å². The van der Waals surface area contributed by atoms with E-state index in [2.05, 4.69) is 4.99 Å². The van der Waals surface area contributed by atoms with E-state index < -0.39 is 0 Å². The first-order chi connectivity index (χ1) is 16.6. The molecule has 1 saturated carbocycles. The summed E-state index contributed by atoms with van der Waals surface area (Å²) in [5.74, 6) is 2.53. The first-order valence-electron chi connectivity index (χ1n) is 11.7. The van der Waals surface area contributed by atoms with Gasteiger partial charge in [-0.05, 0) is 36.1 Å². The van der Waals surface area contributed by atoms with E-state index in [0.717, 1.165) is 35.6 Å². The lowest BCUT2D eigenvalue weighted by atomic mass is 9.84. The summed E-state index contributed by atoms with van der Waals surface area (Å²) in [5.41, 5.74) is 2.45. The molecule has 2 aliphatic heterocycles. The average molecular weight is 482 g/mol. The van der Waals surface area contributed by atoms with Crippen molar-refractivity contribution in [1.82, 2.24) is 4.90 Å². The number of rotatable bonds is 6. The van der Waals surface area contributed by atoms with Gasteiger partial charge in [-0.1, -0.05) is 56.0 Å². The zero-order chi connectivity index (χ0) is 23.7. The first-order valence-corrected chi connectivity index (χ1v) is 12.7. The molecule has 1 aliphatic carbocycles. The van der Waals surface area contributed by atoms with Crippen LogP contribution in [0.4, 0.5) is 10.1 Å². The van der Waals surface area contributed by atoms with Gasteiger partial charge in [0.15, 0.2) is 16.7 Å². The van der Waals surface area contributed by atoms with Gasteiger partial charge in [0.2, 0.25) is 0 Å². The Hall–Kier alpha value is -2.87. The number of halogens is 1. The summed E-state index contributed by atoms with van der Waals surface area (Å²) in [5, 5.41) is 0.731. The fourth-order valence-corrected chi connectivity index (χ4v) is 5.98. The zero-order valence-corrected chi connectivity index (χ0v) is 20.2. The predicted molar refractivity (Wildman–Crippen MR) is 133 cm³/mol. The number of ether oxygens (including phenoxy) is 2. The number of aliphatic imine (C=N–C) groups is 2. The Bertz CT molecular complexity index is 1140. The van der Waals surface area contributed by atoms with Crippen LogP contribution in [0, 0.1) is 11.7 Å². The molecule has 0 radical (unpaired) electrons. The van der Waals surface area contributed by atoms with Gasteiger partial charge in [0.25, 0.3) is 5.91 Å². The second kappa shape index (κ2) is 9.78. The van der Waals surface area contributed by atoms with Crippen molar-refractivity contribution in [3.05, 3.63) is 53.3 Å². The van der Waals surface area contributed by atoms with Crippen molar-refractivity contribution in [2.24, 2.45) is 15.9 Å². The molecule has 1 atom stereocenters. The van der Waals surface area contributed by atoms with Crippen molar-refractivity contribution in [3.8, 4) is 11.5 Å². The summed E-state index contributed by atoms with van der Waals surface area (Å²) in [6.45, 7) is 0. The van der Waals surface area contributed by atoms with Crippen LogP contribution in [0.3, 0.4) is 0 Å². The SMILES string of the molecule is COc1cc2c(cc1OC)C1=NC(=O)C(CC3CCCCC3)N1C(SCc1ccc(F)cc1)=N2. The minimum Gasteiger partial charge on any atom is -0.493 e. The number of carbonyl (C=O) groups excluding carboxylic acids is 1. The highest BCUT2D eigenvalue weighted by atomic mass is 32.2. The van der Waals surface area contributed by atoms with Gasteiger partial charge < -0.3 is 9.47 Å². The van der Waals surface area contributed by atoms with Gasteiger partial charge in [0, 0.05) is 17.4 Å². The number of hydrogen-bond acceptors (Lipinski definition) is 6. The van der Waals surface area contributed by atoms with Gasteiger partial charge in [-0.15, -0.1) is 0 Å². The smallest absolute Gasteiger partial charge is 0.270 e. The lowest BCUT2D eigenvalue weighted by Crippen LogP contribution is -2.44. The van der Waals surface area contributed by atoms with Crippen LogP contribution in [-0.2, 0) is 10.5 Å². The van der Waals surface area contributed by atoms with Crippen LogP contribution in [0.15, 0.2) is 46.4 Å². The van der Waals surface area contributed by atoms with Crippen molar-refractivity contribution in [3.63, 3.8) is 0 Å². The second-order valence-electron chi connectivity index (χ2n) is 8.93. The Labute approximate surface area is 203 Å². The molecule has 0 bridgehead atoms. The molecule has 178 valence electrons. The van der Waals surface area contributed by atoms with E-state index >= 15 is 0 Å². The molecule has 2 aromatic carbocycles. The number of hydrogen-bond donors (Lipinski definition) is 0. The number of thioether (sulfide) groups is 1. The van der Waals surface area contributed by atoms with Gasteiger partial charge in [-0.25, -0.2) is 9.38 Å². The summed E-state index contributed by atoms with van der Waals surface area (Å²) in [7, 11) is 3.18. The van der Waals surface area contributed by atoms with Gasteiger partial charge in [0.1, 0.15) is 17.7 Å². The van der Waals surface area contributed by atoms with E-state index in [9.17, 15) is 9.18 Å². The summed E-state index contributed by atoms with van der Waals surface area (Å²) in [6, 6.07) is 9.80. The summed E-state index contributed by atoms with van der Waals surface area (Å²) in [6.07, 6.45) is 6.81. The molecule has 34 heavy (non-hydrogen) atoms. The minimum absolute atomic E-state index is 0.113. The predicted octanol–water partition coefficient (Wildman–Crippen LogP) is 5.71. The van der Waals surface area contributed by atoms with Gasteiger partial charge in [0.05, 0.1) is 19.9 Å². The number of nitrogens with zero attached hydrogens (tertiary/aromatic N) is 3. The molecule has 6 nitrogen and oxygen atoms in total. The number of amides is 1. The molecule has 1 unspecified atom stereocenters. The standard InChI is InChI=1S/C26H28FN3O3S/c1-32-22-13-19-20(14-23(22)33-2)28-26(34-15-17-8-10-18(27)11-9-17)30-21(25(31)29-24(19)30)12-16-6-4-3-5-7-16/h8-11,13-14,16,21H,3-7,12,15H2,1-2H3. The number of benzene rings is 2. The zero-order valence-electron chi connectivity index (χ0n) is 19.4. The van der Waals surface area contributed by atoms with Crippen molar-refractivity contribution in [2.75, 3.05) is 14.2 Å². The van der Waals surface area contributed by atoms with Crippen molar-refractivity contribution in [2.45, 2.75) is 50.3 Å². The maximum absolute atomic E-state index is 13.4. The lowest BCUT2D eigenvalue weighted by Gasteiger charge is -2.33. The monoisotopic (exact) mass is 481 g/mol. The molecular weight excluding hydrogens is 453 g/mol. The highest BCUT2D eigenvalue weighted by molar-refractivity contribution is 8.13. The van der Waals surface area contributed by atoms with E-state index in [-0.39, 0.29) is 17.8 Å². The van der Waals surface area contributed by atoms with Gasteiger partial charge >= 0.3 is 0 Å². The Morgan fingerprint density at radius 3 is 2.44 bits per heavy atom. The van der Waals surface area contributed by atoms with Crippen LogP contribution in [0.1, 0.15) is 49.7 Å². The third-order valence-electron chi connectivity index (χ3n) is 6.77. The Kier molecular flexibility index (Phi) is 6.59. The molecule has 0 aromatic heterocycles. The quantitative estimate of drug-likeness (QED) is 0.529. The number of methoxy groups -OCH3 is 2. The summed E-state index contributed by atoms with van der Waals surface area (Å²) < 4.78 is 24.3. The highest BCUT2D eigenvalue weighted by Crippen LogP contribution is 2.42. The normalized spacial score (nSPS) is 19.9. The fraction of sp³-hybridized carbons (Fsp3) is 0.423. The maximum atomic E-state index is 13.4. The molecule has 0 spiro atoms. The van der Waals surface area contributed by atoms with Crippen LogP contribution in [0.2, 0.25) is 0 Å². The van der Waals surface area contributed by atoms with E-state index in [1.807, 2.05) is 17.0 Å². The van der Waals surface area contributed by atoms with Crippen LogP contribution in [0.5, 0.6) is 11.5 Å². The molecule has 5 rings (SSSR count). The summed E-state index contributed by atoms with van der Waals surface area (Å²) in [4.78, 5) is 24.6. The van der Waals surface area contributed by atoms with Crippen LogP contribution in [-0.4, -0.2) is 42.1 Å². The van der Waals surface area contributed by atoms with Crippen molar-refractivity contribution < 1.29 is 18.7 Å². The molecule has 0 saturated heterocycles. The van der Waals surface area contributed by atoms with E-state index in [4.69, 9.17) is 14.5 Å². The lowest BCUT2D eigenvalue weighted by molar-refractivity contribution is -0.120. The molecule has 3 aliphatic rings. The highest BCUT2D eigenvalue weighted by Gasteiger charge is 2.43. The Morgan fingerprint density at radius 2 is 1.74 bits per heavy atom. The maximum Gasteiger partial charge on any atom is 0.270 e. The van der Waals surface area contributed by atoms with E-state index in [1.165, 1.54) is 43.2 Å². The molecule has 2 heterocycles. The van der Waals surface area contributed by atoms with E-state index in [0.29, 0.717) is 34.7 Å². The third kappa shape index (κ3) is 4.43. The number of fused-ring (bicyclic) bond motifs is 3. The Balaban J connectivity index is 1.50. The van der Waals surface area contributed by atoms with Crippen LogP contribution >= 0.6 is 11.8 Å². The minimum atomic E-state index is -0.348. The third-order valence-corrected chi connectivity index (χ3v) is 7.79. The molecule has 1 fully saturated rings. The molecule has 2 aromatic rings. The Morgan fingerprint density at radius 1 is 1.03 bits per heavy atom. The van der Waals surface area contributed by atoms with Crippen molar-refractivity contribution in [1.29, 1.82) is 0 Å². The molecule has 1 amide bonds. The molecular formula is C26H28FN3O3S. The van der Waals surface area contributed by atoms with Crippen LogP contribution < -0.4 is 9.47 Å². The second-order valence-corrected chi connectivity index (χ2v) is 9.88. The summed E-state index contributed by atoms with van der Waals surface area (Å²) >= 11 is 1.54. The first kappa shape index (κ1) is 22.9. The topological polar surface area (TPSA) is 63.5 Å². The number of carbonyl (C=O) groups is 1. The van der Waals surface area contributed by atoms with Gasteiger partial charge in [-0.3, -0.25) is 9.69 Å². The molecule has 0 N–H and O–H groups in total. The fourth-order valence-electron chi connectivity index (χ4n) is 4.98. The average Bonchev–Trinajstić information content (AvgIpc) is 3.19. The van der Waals surface area contributed by atoms with Gasteiger partial charge in [-0.2, -0.15) is 4.99 Å².